The number of ether oxygens (including phenoxy) is 6. The summed E-state index contributed by atoms with van der Waals surface area (Å²) in [5.74, 6) is -1.64. The van der Waals surface area contributed by atoms with Gasteiger partial charge in [-0.3, -0.25) is 19.6 Å². The van der Waals surface area contributed by atoms with Gasteiger partial charge in [0.1, 0.15) is 18.1 Å². The van der Waals surface area contributed by atoms with Gasteiger partial charge in [-0.2, -0.15) is 0 Å². The zero-order chi connectivity index (χ0) is 52.6. The molecule has 5 atom stereocenters. The Balaban J connectivity index is 1.02. The van der Waals surface area contributed by atoms with Gasteiger partial charge in [-0.15, -0.1) is 0 Å². The van der Waals surface area contributed by atoms with Crippen molar-refractivity contribution in [1.29, 1.82) is 0 Å². The minimum atomic E-state index is -0.970. The maximum atomic E-state index is 16.6. The lowest BCUT2D eigenvalue weighted by Gasteiger charge is -2.32. The highest BCUT2D eigenvalue weighted by molar-refractivity contribution is 6.41. The molecule has 74 heavy (non-hydrogen) atoms. The van der Waals surface area contributed by atoms with Crippen LogP contribution in [-0.2, 0) is 31.9 Å². The fourth-order valence-corrected chi connectivity index (χ4v) is 9.55. The Kier molecular flexibility index (Phi) is 17.4. The van der Waals surface area contributed by atoms with Gasteiger partial charge in [-0.25, -0.2) is 28.7 Å². The normalized spacial score (nSPS) is 18.1. The van der Waals surface area contributed by atoms with Crippen molar-refractivity contribution in [1.82, 2.24) is 45.9 Å². The predicted molar refractivity (Wildman–Crippen MR) is 277 cm³/mol. The van der Waals surface area contributed by atoms with Crippen LogP contribution in [0.15, 0.2) is 49.3 Å². The summed E-state index contributed by atoms with van der Waals surface area (Å²) in [5, 5.41) is 17.5. The number of nitrogens with one attached hydrogen (secondary N) is 5. The van der Waals surface area contributed by atoms with Gasteiger partial charge in [0.15, 0.2) is 23.1 Å². The number of fused-ring (bicyclic) bond motifs is 2. The average molecular weight is 1060 g/mol. The van der Waals surface area contributed by atoms with Gasteiger partial charge >= 0.3 is 0 Å². The summed E-state index contributed by atoms with van der Waals surface area (Å²) < 4.78 is 66.7. The fourth-order valence-electron chi connectivity index (χ4n) is 8.86. The maximum absolute atomic E-state index is 16.6. The topological polar surface area (TPSA) is 227 Å². The molecule has 4 aromatic heterocycles. The van der Waals surface area contributed by atoms with Crippen molar-refractivity contribution in [3.05, 3.63) is 82.4 Å². The summed E-state index contributed by atoms with van der Waals surface area (Å²) in [7, 11) is 4.25. The zero-order valence-electron chi connectivity index (χ0n) is 41.7. The Morgan fingerprint density at radius 3 is 1.84 bits per heavy atom. The van der Waals surface area contributed by atoms with Crippen molar-refractivity contribution in [3.63, 3.8) is 0 Å². The molecule has 6 heterocycles. The van der Waals surface area contributed by atoms with Crippen LogP contribution < -0.4 is 45.5 Å². The van der Waals surface area contributed by atoms with E-state index in [0.717, 1.165) is 0 Å². The lowest BCUT2D eigenvalue weighted by Crippen LogP contribution is -2.52. The summed E-state index contributed by atoms with van der Waals surface area (Å²) in [6.45, 7) is 10.7. The smallest absolute Gasteiger partial charge is 0.243 e. The van der Waals surface area contributed by atoms with Crippen LogP contribution in [0.25, 0.3) is 44.3 Å². The molecule has 2 aromatic carbocycles. The third kappa shape index (κ3) is 11.9. The monoisotopic (exact) mass is 1060 g/mol. The number of rotatable bonds is 20. The summed E-state index contributed by atoms with van der Waals surface area (Å²) in [5.41, 5.74) is 2.40. The number of pyridine rings is 2. The number of amides is 2. The SMILES string of the molecule is C=CC(=O)N[C@H]1CCOC[C@H]1Nc1ncc2cc(-c3c(Cl)c(OC)cc(OC)c3Cl)nc(CCNC(C)COc3cc(OC)c(F)c(-c4cc5cnc(N[C@@H]6COCC[C@@H]6NC(C)=O)nc5c(CC)n4)c3F)c2n1. The van der Waals surface area contributed by atoms with Crippen LogP contribution in [0.1, 0.15) is 45.0 Å². The largest absolute Gasteiger partial charge is 0.495 e. The standard InChI is InChI=1S/C51H57Cl2F2N11O8/c1-8-29-48-27(20-57-50(65-48)63-35-23-72-14-11-30(35)59-26(4)67)17-34(60-29)43-46(54)39(71-7)19-40(47(43)55)74-22-25(3)56-13-10-32-49-28(16-33(61-32)42-44(52)37(69-5)18-38(70-6)45(42)53)21-58-51(66-49)64-36-24-73-15-12-31(36)62-41(68)9-2/h9,16-21,25,30-31,35-36,56H,2,8,10-15,22-24H2,1,3-7H3,(H,59,67)(H,62,68)(H,57,63,65)(H,58,64,66)/t25?,30-,31-,35+,36+/m0/s1. The Morgan fingerprint density at radius 1 is 0.757 bits per heavy atom. The molecule has 1 unspecified atom stereocenters. The van der Waals surface area contributed by atoms with Crippen LogP contribution in [0, 0.1) is 11.6 Å². The first-order chi connectivity index (χ1) is 35.7. The van der Waals surface area contributed by atoms with Gasteiger partial charge in [0.2, 0.25) is 23.7 Å². The van der Waals surface area contributed by atoms with Crippen LogP contribution in [0.4, 0.5) is 20.7 Å². The lowest BCUT2D eigenvalue weighted by molar-refractivity contribution is -0.120. The van der Waals surface area contributed by atoms with E-state index in [1.165, 1.54) is 46.5 Å². The van der Waals surface area contributed by atoms with Crippen LogP contribution in [0.5, 0.6) is 23.0 Å². The van der Waals surface area contributed by atoms with E-state index in [9.17, 15) is 9.59 Å². The second-order valence-electron chi connectivity index (χ2n) is 17.7. The number of nitrogens with zero attached hydrogens (tertiary/aromatic N) is 6. The van der Waals surface area contributed by atoms with Gasteiger partial charge in [-0.05, 0) is 44.4 Å². The number of anilines is 2. The maximum Gasteiger partial charge on any atom is 0.243 e. The molecule has 2 aliphatic rings. The molecule has 8 rings (SSSR count). The molecule has 0 bridgehead atoms. The number of aromatic nitrogens is 6. The van der Waals surface area contributed by atoms with Crippen LogP contribution in [-0.4, -0.2) is 133 Å². The molecule has 2 fully saturated rings. The number of carbonyl (C=O) groups excluding carboxylic acids is 2. The van der Waals surface area contributed by atoms with E-state index in [1.54, 1.807) is 24.5 Å². The van der Waals surface area contributed by atoms with Gasteiger partial charge in [0.25, 0.3) is 0 Å². The lowest BCUT2D eigenvalue weighted by atomic mass is 10.0. The number of methoxy groups -OCH3 is 3. The van der Waals surface area contributed by atoms with Crippen molar-refractivity contribution in [2.45, 2.75) is 76.7 Å². The van der Waals surface area contributed by atoms with Crippen molar-refractivity contribution >= 4 is 68.7 Å². The predicted octanol–water partition coefficient (Wildman–Crippen LogP) is 7.05. The minimum Gasteiger partial charge on any atom is -0.495 e. The molecule has 6 aromatic rings. The number of hydrogen-bond donors (Lipinski definition) is 5. The van der Waals surface area contributed by atoms with Crippen LogP contribution >= 0.6 is 23.2 Å². The molecule has 23 heteroatoms. The van der Waals surface area contributed by atoms with E-state index in [1.807, 2.05) is 13.8 Å². The second-order valence-corrected chi connectivity index (χ2v) is 18.4. The molecule has 0 aliphatic carbocycles. The molecule has 2 saturated heterocycles. The van der Waals surface area contributed by atoms with Crippen molar-refractivity contribution < 1.29 is 46.8 Å². The summed E-state index contributed by atoms with van der Waals surface area (Å²) >= 11 is 13.7. The Hall–Kier alpha value is -6.78. The molecule has 5 N–H and O–H groups in total. The number of carbonyl (C=O) groups is 2. The molecule has 0 saturated carbocycles. The third-order valence-electron chi connectivity index (χ3n) is 12.6. The van der Waals surface area contributed by atoms with Gasteiger partial charge in [0, 0.05) is 80.0 Å². The minimum absolute atomic E-state index is 0.000397. The fraction of sp³-hybridized carbons (Fsp3) is 0.412. The Morgan fingerprint density at radius 2 is 1.28 bits per heavy atom. The van der Waals surface area contributed by atoms with Crippen molar-refractivity contribution in [2.75, 3.05) is 71.5 Å². The molecule has 19 nitrogen and oxygen atoms in total. The molecule has 2 aliphatic heterocycles. The molecule has 0 spiro atoms. The van der Waals surface area contributed by atoms with E-state index < -0.39 is 17.2 Å². The average Bonchev–Trinajstić information content (AvgIpc) is 3.39. The highest BCUT2D eigenvalue weighted by Gasteiger charge is 2.30. The van der Waals surface area contributed by atoms with Crippen molar-refractivity contribution in [3.8, 4) is 45.5 Å². The Bertz CT molecular complexity index is 3040. The second kappa shape index (κ2) is 24.1. The third-order valence-corrected chi connectivity index (χ3v) is 13.4. The van der Waals surface area contributed by atoms with E-state index >= 15 is 8.78 Å². The number of hydrogen-bond acceptors (Lipinski definition) is 17. The molecule has 0 radical (unpaired) electrons. The van der Waals surface area contributed by atoms with Gasteiger partial charge < -0.3 is 55.0 Å². The highest BCUT2D eigenvalue weighted by atomic mass is 35.5. The highest BCUT2D eigenvalue weighted by Crippen LogP contribution is 2.46. The Labute approximate surface area is 435 Å². The first-order valence-corrected chi connectivity index (χ1v) is 24.7. The van der Waals surface area contributed by atoms with Crippen molar-refractivity contribution in [2.24, 2.45) is 0 Å². The summed E-state index contributed by atoms with van der Waals surface area (Å²) in [6.07, 6.45) is 6.32. The number of benzene rings is 2. The van der Waals surface area contributed by atoms with Crippen LogP contribution in [0.2, 0.25) is 10.0 Å². The van der Waals surface area contributed by atoms with E-state index in [-0.39, 0.29) is 81.8 Å². The quantitative estimate of drug-likeness (QED) is 0.0483. The van der Waals surface area contributed by atoms with E-state index in [4.69, 9.17) is 66.6 Å². The van der Waals surface area contributed by atoms with E-state index in [2.05, 4.69) is 48.1 Å². The first kappa shape index (κ1) is 53.5. The first-order valence-electron chi connectivity index (χ1n) is 24.0. The zero-order valence-corrected chi connectivity index (χ0v) is 43.2. The molecule has 392 valence electrons. The molecular weight excluding hydrogens is 1000 g/mol. The summed E-state index contributed by atoms with van der Waals surface area (Å²) in [4.78, 5) is 52.5. The number of halogens is 4. The van der Waals surface area contributed by atoms with Gasteiger partial charge in [0.05, 0.1) is 108 Å². The van der Waals surface area contributed by atoms with Crippen LogP contribution in [0.3, 0.4) is 0 Å². The number of aryl methyl sites for hydroxylation is 1. The van der Waals surface area contributed by atoms with Gasteiger partial charge in [-0.1, -0.05) is 36.7 Å². The summed E-state index contributed by atoms with van der Waals surface area (Å²) in [6, 6.07) is 4.58. The van der Waals surface area contributed by atoms with E-state index in [0.29, 0.717) is 121 Å². The molecular formula is C51H57Cl2F2N11O8. The molecule has 2 amide bonds.